The van der Waals surface area contributed by atoms with Crippen molar-refractivity contribution in [3.8, 4) is 5.75 Å². The molecule has 1 saturated carbocycles. The Hall–Kier alpha value is -2.29. The van der Waals surface area contributed by atoms with E-state index in [9.17, 15) is 13.6 Å². The van der Waals surface area contributed by atoms with Gasteiger partial charge in [0.2, 0.25) is 5.13 Å². The maximum atomic E-state index is 12.7. The van der Waals surface area contributed by atoms with Crippen LogP contribution in [0.15, 0.2) is 24.3 Å². The molecule has 1 aliphatic carbocycles. The van der Waals surface area contributed by atoms with Gasteiger partial charge in [-0.3, -0.25) is 4.79 Å². The molecule has 0 radical (unpaired) electrons. The average molecular weight is 380 g/mol. The quantitative estimate of drug-likeness (QED) is 0.798. The molecule has 4 rings (SSSR count). The van der Waals surface area contributed by atoms with Gasteiger partial charge in [0.05, 0.1) is 5.56 Å². The molecule has 2 aromatic rings. The summed E-state index contributed by atoms with van der Waals surface area (Å²) in [7, 11) is 0. The van der Waals surface area contributed by atoms with Crippen LogP contribution in [0.25, 0.3) is 0 Å². The van der Waals surface area contributed by atoms with E-state index < -0.39 is 6.61 Å². The first kappa shape index (κ1) is 17.1. The van der Waals surface area contributed by atoms with Gasteiger partial charge >= 0.3 is 6.61 Å². The van der Waals surface area contributed by atoms with Crippen LogP contribution in [0.3, 0.4) is 0 Å². The van der Waals surface area contributed by atoms with Crippen LogP contribution in [0.1, 0.15) is 34.9 Å². The van der Waals surface area contributed by atoms with E-state index in [2.05, 4.69) is 19.0 Å². The summed E-state index contributed by atoms with van der Waals surface area (Å²) < 4.78 is 34.0. The lowest BCUT2D eigenvalue weighted by molar-refractivity contribution is -0.0502. The molecule has 138 valence electrons. The molecule has 9 heteroatoms. The highest BCUT2D eigenvalue weighted by molar-refractivity contribution is 7.09. The molecule has 6 nitrogen and oxygen atoms in total. The van der Waals surface area contributed by atoms with E-state index in [-0.39, 0.29) is 17.2 Å². The van der Waals surface area contributed by atoms with Crippen molar-refractivity contribution in [2.75, 3.05) is 31.1 Å². The van der Waals surface area contributed by atoms with E-state index in [1.165, 1.54) is 36.5 Å². The van der Waals surface area contributed by atoms with Crippen molar-refractivity contribution in [1.29, 1.82) is 0 Å². The number of nitrogens with zero attached hydrogens (tertiary/aromatic N) is 4. The number of rotatable bonds is 5. The summed E-state index contributed by atoms with van der Waals surface area (Å²) in [5.41, 5.74) is 0.160. The first-order valence-corrected chi connectivity index (χ1v) is 9.31. The predicted molar refractivity (Wildman–Crippen MR) is 93.1 cm³/mol. The van der Waals surface area contributed by atoms with Crippen molar-refractivity contribution in [2.24, 2.45) is 0 Å². The van der Waals surface area contributed by atoms with Gasteiger partial charge < -0.3 is 14.5 Å². The molecule has 0 unspecified atom stereocenters. The number of aromatic nitrogens is 2. The Morgan fingerprint density at radius 2 is 1.92 bits per heavy atom. The highest BCUT2D eigenvalue weighted by atomic mass is 32.1. The maximum absolute atomic E-state index is 12.7. The number of benzene rings is 1. The Bertz CT molecular complexity index is 789. The van der Waals surface area contributed by atoms with Gasteiger partial charge in [-0.1, -0.05) is 12.1 Å². The summed E-state index contributed by atoms with van der Waals surface area (Å²) in [5.74, 6) is 1.07. The zero-order valence-corrected chi connectivity index (χ0v) is 14.8. The lowest BCUT2D eigenvalue weighted by Crippen LogP contribution is -2.48. The SMILES string of the molecule is O=C(c1ccccc1OC(F)F)N1CCN(c2nc(C3CC3)ns2)CC1. The minimum absolute atomic E-state index is 0.0897. The molecule has 2 heterocycles. The van der Waals surface area contributed by atoms with Crippen molar-refractivity contribution in [3.63, 3.8) is 0 Å². The van der Waals surface area contributed by atoms with Crippen LogP contribution >= 0.6 is 11.5 Å². The monoisotopic (exact) mass is 380 g/mol. The van der Waals surface area contributed by atoms with Gasteiger partial charge in [0.25, 0.3) is 5.91 Å². The summed E-state index contributed by atoms with van der Waals surface area (Å²) in [6, 6.07) is 6.11. The molecule has 0 bridgehead atoms. The third-order valence-corrected chi connectivity index (χ3v) is 5.34. The lowest BCUT2D eigenvalue weighted by atomic mass is 10.1. The molecule has 2 aliphatic rings. The molecule has 2 fully saturated rings. The Kier molecular flexibility index (Phi) is 4.71. The van der Waals surface area contributed by atoms with Crippen LogP contribution in [-0.4, -0.2) is 53.0 Å². The van der Waals surface area contributed by atoms with E-state index in [1.54, 1.807) is 17.0 Å². The van der Waals surface area contributed by atoms with E-state index in [0.29, 0.717) is 32.1 Å². The van der Waals surface area contributed by atoms with Crippen LogP contribution < -0.4 is 9.64 Å². The lowest BCUT2D eigenvalue weighted by Gasteiger charge is -2.34. The van der Waals surface area contributed by atoms with Crippen molar-refractivity contribution >= 4 is 22.6 Å². The first-order chi connectivity index (χ1) is 12.6. The zero-order valence-electron chi connectivity index (χ0n) is 14.0. The number of piperazine rings is 1. The summed E-state index contributed by atoms with van der Waals surface area (Å²) in [6.45, 7) is -0.675. The van der Waals surface area contributed by atoms with Crippen LogP contribution in [0.5, 0.6) is 5.75 Å². The number of hydrogen-bond acceptors (Lipinski definition) is 6. The summed E-state index contributed by atoms with van der Waals surface area (Å²) >= 11 is 1.40. The first-order valence-electron chi connectivity index (χ1n) is 8.53. The number of carbonyl (C=O) groups is 1. The van der Waals surface area contributed by atoms with Crippen LogP contribution in [-0.2, 0) is 0 Å². The topological polar surface area (TPSA) is 58.6 Å². The molecule has 0 spiro atoms. The number of carbonyl (C=O) groups excluding carboxylic acids is 1. The molecule has 0 N–H and O–H groups in total. The number of para-hydroxylation sites is 1. The number of ether oxygens (including phenoxy) is 1. The summed E-state index contributed by atoms with van der Waals surface area (Å²) in [5, 5.41) is 0.889. The van der Waals surface area contributed by atoms with Gasteiger partial charge in [0, 0.05) is 43.6 Å². The van der Waals surface area contributed by atoms with Crippen molar-refractivity contribution in [3.05, 3.63) is 35.7 Å². The van der Waals surface area contributed by atoms with E-state index >= 15 is 0 Å². The minimum Gasteiger partial charge on any atom is -0.434 e. The molecule has 1 saturated heterocycles. The fraction of sp³-hybridized carbons (Fsp3) is 0.471. The second kappa shape index (κ2) is 7.14. The third kappa shape index (κ3) is 3.62. The molecule has 1 aromatic heterocycles. The smallest absolute Gasteiger partial charge is 0.387 e. The Labute approximate surface area is 153 Å². The normalized spacial score (nSPS) is 17.7. The molecular weight excluding hydrogens is 362 g/mol. The molecule has 1 amide bonds. The summed E-state index contributed by atoms with van der Waals surface area (Å²) in [6.07, 6.45) is 2.33. The van der Waals surface area contributed by atoms with Crippen LogP contribution in [0.2, 0.25) is 0 Å². The number of amides is 1. The van der Waals surface area contributed by atoms with Crippen molar-refractivity contribution in [1.82, 2.24) is 14.3 Å². The van der Waals surface area contributed by atoms with E-state index in [0.717, 1.165) is 11.0 Å². The molecular formula is C17H18F2N4O2S. The van der Waals surface area contributed by atoms with Gasteiger partial charge in [0.15, 0.2) is 0 Å². The van der Waals surface area contributed by atoms with Gasteiger partial charge in [-0.2, -0.15) is 13.2 Å². The van der Waals surface area contributed by atoms with Crippen LogP contribution in [0, 0.1) is 0 Å². The van der Waals surface area contributed by atoms with Gasteiger partial charge in [-0.05, 0) is 25.0 Å². The van der Waals surface area contributed by atoms with Crippen molar-refractivity contribution < 1.29 is 18.3 Å². The maximum Gasteiger partial charge on any atom is 0.387 e. The number of alkyl halides is 2. The summed E-state index contributed by atoms with van der Waals surface area (Å²) in [4.78, 5) is 21.1. The van der Waals surface area contributed by atoms with E-state index in [4.69, 9.17) is 0 Å². The predicted octanol–water partition coefficient (Wildman–Crippen LogP) is 2.98. The highest BCUT2D eigenvalue weighted by Gasteiger charge is 2.30. The molecule has 26 heavy (non-hydrogen) atoms. The van der Waals surface area contributed by atoms with Crippen LogP contribution in [0.4, 0.5) is 13.9 Å². The molecule has 1 aliphatic heterocycles. The largest absolute Gasteiger partial charge is 0.434 e. The van der Waals surface area contributed by atoms with Crippen molar-refractivity contribution in [2.45, 2.75) is 25.4 Å². The van der Waals surface area contributed by atoms with Gasteiger partial charge in [0.1, 0.15) is 11.6 Å². The second-order valence-electron chi connectivity index (χ2n) is 6.36. The van der Waals surface area contributed by atoms with E-state index in [1.807, 2.05) is 0 Å². The Balaban J connectivity index is 1.40. The molecule has 0 atom stereocenters. The standard InChI is InChI=1S/C17H18F2N4O2S/c18-16(19)25-13-4-2-1-3-12(13)15(24)22-7-9-23(10-8-22)17-20-14(21-26-17)11-5-6-11/h1-4,11,16H,5-10H2. The molecule has 1 aromatic carbocycles. The number of halogens is 2. The zero-order chi connectivity index (χ0) is 18.1. The number of hydrogen-bond donors (Lipinski definition) is 0. The fourth-order valence-electron chi connectivity index (χ4n) is 2.98. The minimum atomic E-state index is -2.96. The fourth-order valence-corrected chi connectivity index (χ4v) is 3.77. The van der Waals surface area contributed by atoms with Gasteiger partial charge in [-0.25, -0.2) is 4.98 Å². The highest BCUT2D eigenvalue weighted by Crippen LogP contribution is 2.39. The van der Waals surface area contributed by atoms with Gasteiger partial charge in [-0.15, -0.1) is 0 Å². The second-order valence-corrected chi connectivity index (χ2v) is 7.09. The third-order valence-electron chi connectivity index (χ3n) is 4.54. The average Bonchev–Trinajstić information content (AvgIpc) is 3.38. The number of anilines is 1. The Morgan fingerprint density at radius 1 is 1.19 bits per heavy atom. The Morgan fingerprint density at radius 3 is 2.62 bits per heavy atom.